The summed E-state index contributed by atoms with van der Waals surface area (Å²) >= 11 is 7.56. The van der Waals surface area contributed by atoms with E-state index < -0.39 is 0 Å². The fraction of sp³-hybridized carbons (Fsp3) is 0.143. The Labute approximate surface area is 172 Å². The van der Waals surface area contributed by atoms with Gasteiger partial charge < -0.3 is 15.1 Å². The number of benzene rings is 2. The van der Waals surface area contributed by atoms with Gasteiger partial charge in [0, 0.05) is 17.1 Å². The van der Waals surface area contributed by atoms with E-state index in [4.69, 9.17) is 16.0 Å². The first kappa shape index (κ1) is 20.0. The average Bonchev–Trinajstić information content (AvgIpc) is 3.24. The summed E-state index contributed by atoms with van der Waals surface area (Å²) < 4.78 is 5.06. The van der Waals surface area contributed by atoms with E-state index in [2.05, 4.69) is 10.6 Å². The number of hydrogen-bond acceptors (Lipinski definition) is 4. The molecule has 1 unspecified atom stereocenters. The highest BCUT2D eigenvalue weighted by atomic mass is 35.5. The summed E-state index contributed by atoms with van der Waals surface area (Å²) in [7, 11) is 0. The number of rotatable bonds is 7. The normalized spacial score (nSPS) is 11.6. The molecule has 0 radical (unpaired) electrons. The maximum atomic E-state index is 12.3. The minimum atomic E-state index is -0.309. The predicted molar refractivity (Wildman–Crippen MR) is 112 cm³/mol. The van der Waals surface area contributed by atoms with Crippen molar-refractivity contribution in [1.82, 2.24) is 5.32 Å². The van der Waals surface area contributed by atoms with Crippen molar-refractivity contribution in [1.29, 1.82) is 0 Å². The van der Waals surface area contributed by atoms with Gasteiger partial charge in [-0.05, 0) is 48.9 Å². The first-order valence-electron chi connectivity index (χ1n) is 8.65. The Bertz CT molecular complexity index is 943. The van der Waals surface area contributed by atoms with Gasteiger partial charge >= 0.3 is 0 Å². The van der Waals surface area contributed by atoms with E-state index in [0.717, 1.165) is 10.5 Å². The molecule has 7 heteroatoms. The van der Waals surface area contributed by atoms with Crippen LogP contribution in [0.2, 0.25) is 5.02 Å². The number of carbonyl (C=O) groups is 2. The summed E-state index contributed by atoms with van der Waals surface area (Å²) in [6.45, 7) is 2.25. The van der Waals surface area contributed by atoms with Gasteiger partial charge in [0.25, 0.3) is 5.91 Å². The smallest absolute Gasteiger partial charge is 0.291 e. The Balaban J connectivity index is 1.49. The van der Waals surface area contributed by atoms with Crippen LogP contribution in [0.1, 0.15) is 23.0 Å². The third-order valence-electron chi connectivity index (χ3n) is 3.93. The highest BCUT2D eigenvalue weighted by molar-refractivity contribution is 8.00. The van der Waals surface area contributed by atoms with Crippen LogP contribution in [0, 0.1) is 0 Å². The van der Waals surface area contributed by atoms with E-state index in [-0.39, 0.29) is 22.8 Å². The largest absolute Gasteiger partial charge is 0.459 e. The van der Waals surface area contributed by atoms with E-state index >= 15 is 0 Å². The topological polar surface area (TPSA) is 71.3 Å². The highest BCUT2D eigenvalue weighted by Crippen LogP contribution is 2.30. The van der Waals surface area contributed by atoms with Crippen molar-refractivity contribution < 1.29 is 14.0 Å². The van der Waals surface area contributed by atoms with Gasteiger partial charge in [-0.2, -0.15) is 0 Å². The molecule has 28 heavy (non-hydrogen) atoms. The van der Waals surface area contributed by atoms with Crippen LogP contribution in [-0.4, -0.2) is 17.1 Å². The zero-order chi connectivity index (χ0) is 19.9. The lowest BCUT2D eigenvalue weighted by Crippen LogP contribution is -2.30. The number of thioether (sulfide) groups is 1. The average molecular weight is 415 g/mol. The zero-order valence-corrected chi connectivity index (χ0v) is 16.7. The monoisotopic (exact) mass is 414 g/mol. The molecule has 1 heterocycles. The summed E-state index contributed by atoms with van der Waals surface area (Å²) in [5.74, 6) is -0.127. The zero-order valence-electron chi connectivity index (χ0n) is 15.1. The van der Waals surface area contributed by atoms with Crippen molar-refractivity contribution in [3.8, 4) is 0 Å². The maximum Gasteiger partial charge on any atom is 0.291 e. The molecule has 0 saturated heterocycles. The van der Waals surface area contributed by atoms with Crippen molar-refractivity contribution in [2.75, 3.05) is 5.32 Å². The van der Waals surface area contributed by atoms with E-state index in [1.807, 2.05) is 37.3 Å². The van der Waals surface area contributed by atoms with Crippen molar-refractivity contribution in [3.05, 3.63) is 83.3 Å². The third-order valence-corrected chi connectivity index (χ3v) is 5.55. The predicted octanol–water partition coefficient (Wildman–Crippen LogP) is 4.98. The molecule has 3 aromatic rings. The molecule has 0 bridgehead atoms. The molecule has 1 aromatic heterocycles. The summed E-state index contributed by atoms with van der Waals surface area (Å²) in [5, 5.41) is 6.03. The number of halogens is 1. The van der Waals surface area contributed by atoms with Crippen LogP contribution in [-0.2, 0) is 11.3 Å². The Morgan fingerprint density at radius 1 is 1.07 bits per heavy atom. The fourth-order valence-corrected chi connectivity index (χ4v) is 3.60. The number of hydrogen-bond donors (Lipinski definition) is 2. The van der Waals surface area contributed by atoms with Gasteiger partial charge in [0.1, 0.15) is 0 Å². The molecule has 2 aromatic carbocycles. The summed E-state index contributed by atoms with van der Waals surface area (Å²) in [5.41, 5.74) is 1.58. The lowest BCUT2D eigenvalue weighted by Gasteiger charge is -2.13. The first-order chi connectivity index (χ1) is 13.5. The second-order valence-corrected chi connectivity index (χ2v) is 7.83. The molecule has 2 amide bonds. The number of nitrogens with one attached hydrogen (secondary N) is 2. The first-order valence-corrected chi connectivity index (χ1v) is 9.91. The van der Waals surface area contributed by atoms with Gasteiger partial charge in [-0.25, -0.2) is 0 Å². The molecule has 0 saturated carbocycles. The second-order valence-electron chi connectivity index (χ2n) is 6.04. The van der Waals surface area contributed by atoms with Crippen LogP contribution < -0.4 is 10.6 Å². The number of amides is 2. The quantitative estimate of drug-likeness (QED) is 0.535. The third kappa shape index (κ3) is 5.41. The van der Waals surface area contributed by atoms with Crippen LogP contribution >= 0.6 is 23.4 Å². The lowest BCUT2D eigenvalue weighted by molar-refractivity contribution is -0.120. The van der Waals surface area contributed by atoms with Gasteiger partial charge in [-0.3, -0.25) is 9.59 Å². The van der Waals surface area contributed by atoms with Crippen LogP contribution in [0.5, 0.6) is 0 Å². The Hall–Kier alpha value is -2.70. The van der Waals surface area contributed by atoms with Gasteiger partial charge in [-0.15, -0.1) is 11.8 Å². The molecular weight excluding hydrogens is 396 g/mol. The molecule has 144 valence electrons. The van der Waals surface area contributed by atoms with E-state index in [0.29, 0.717) is 17.3 Å². The van der Waals surface area contributed by atoms with E-state index in [1.54, 1.807) is 30.3 Å². The number of anilines is 1. The van der Waals surface area contributed by atoms with Crippen molar-refractivity contribution in [2.24, 2.45) is 0 Å². The molecule has 3 rings (SSSR count). The SMILES string of the molecule is CC(Sc1ccccc1Cl)C(=O)NCc1ccc(NC(=O)c2ccco2)cc1. The molecule has 0 fully saturated rings. The van der Waals surface area contributed by atoms with Gasteiger partial charge in [0.05, 0.1) is 16.5 Å². The maximum absolute atomic E-state index is 12.3. The molecule has 1 atom stereocenters. The standard InChI is InChI=1S/C21H19ClN2O3S/c1-14(28-19-7-3-2-5-17(19)22)20(25)23-13-15-8-10-16(11-9-15)24-21(26)18-6-4-12-27-18/h2-12,14H,13H2,1H3,(H,23,25)(H,24,26). The highest BCUT2D eigenvalue weighted by Gasteiger charge is 2.15. The molecule has 0 spiro atoms. The van der Waals surface area contributed by atoms with Gasteiger partial charge in [-0.1, -0.05) is 35.9 Å². The lowest BCUT2D eigenvalue weighted by atomic mass is 10.2. The fourth-order valence-electron chi connectivity index (χ4n) is 2.42. The van der Waals surface area contributed by atoms with Crippen LogP contribution in [0.3, 0.4) is 0 Å². The Morgan fingerprint density at radius 3 is 2.50 bits per heavy atom. The minimum absolute atomic E-state index is 0.0693. The van der Waals surface area contributed by atoms with Crippen LogP contribution in [0.15, 0.2) is 76.2 Å². The summed E-state index contributed by atoms with van der Waals surface area (Å²) in [4.78, 5) is 25.2. The van der Waals surface area contributed by atoms with E-state index in [1.165, 1.54) is 18.0 Å². The van der Waals surface area contributed by atoms with Crippen molar-refractivity contribution in [3.63, 3.8) is 0 Å². The second kappa shape index (κ2) is 9.48. The number of carbonyl (C=O) groups excluding carboxylic acids is 2. The molecular formula is C21H19ClN2O3S. The summed E-state index contributed by atoms with van der Waals surface area (Å²) in [6, 6.07) is 18.0. The van der Waals surface area contributed by atoms with Crippen molar-refractivity contribution in [2.45, 2.75) is 23.6 Å². The van der Waals surface area contributed by atoms with Crippen molar-refractivity contribution >= 4 is 40.9 Å². The number of furan rings is 1. The minimum Gasteiger partial charge on any atom is -0.459 e. The molecule has 2 N–H and O–H groups in total. The molecule has 0 aliphatic carbocycles. The van der Waals surface area contributed by atoms with Gasteiger partial charge in [0.2, 0.25) is 5.91 Å². The van der Waals surface area contributed by atoms with Crippen LogP contribution in [0.25, 0.3) is 0 Å². The molecule has 0 aliphatic heterocycles. The van der Waals surface area contributed by atoms with Crippen LogP contribution in [0.4, 0.5) is 5.69 Å². The Morgan fingerprint density at radius 2 is 1.82 bits per heavy atom. The Kier molecular flexibility index (Phi) is 6.79. The molecule has 0 aliphatic rings. The summed E-state index contributed by atoms with van der Waals surface area (Å²) in [6.07, 6.45) is 1.45. The van der Waals surface area contributed by atoms with E-state index in [9.17, 15) is 9.59 Å². The molecule has 5 nitrogen and oxygen atoms in total. The van der Waals surface area contributed by atoms with Gasteiger partial charge in [0.15, 0.2) is 5.76 Å².